The number of hydrogen-bond acceptors (Lipinski definition) is 6. The van der Waals surface area contributed by atoms with Gasteiger partial charge >= 0.3 is 0 Å². The molecule has 4 aromatic rings. The van der Waals surface area contributed by atoms with E-state index in [1.54, 1.807) is 14.0 Å². The fourth-order valence-corrected chi connectivity index (χ4v) is 8.07. The second-order valence-electron chi connectivity index (χ2n) is 13.4. The van der Waals surface area contributed by atoms with Crippen LogP contribution in [0.5, 0.6) is 5.75 Å². The summed E-state index contributed by atoms with van der Waals surface area (Å²) < 4.78 is 10.2. The molecular formula is C35H45N7O3. The second kappa shape index (κ2) is 11.8. The Hall–Kier alpha value is -3.92. The number of ether oxygens (including phenoxy) is 1. The van der Waals surface area contributed by atoms with Crippen LogP contribution in [0.2, 0.25) is 0 Å². The monoisotopic (exact) mass is 611 g/mol. The molecule has 7 rings (SSSR count). The summed E-state index contributed by atoms with van der Waals surface area (Å²) in [6, 6.07) is 10.3. The number of fused-ring (bicyclic) bond motifs is 4. The summed E-state index contributed by atoms with van der Waals surface area (Å²) in [6.45, 7) is 5.89. The highest BCUT2D eigenvalue weighted by atomic mass is 16.5. The standard InChI is InChI=1S/C35H45N7O3/c1-21-28-13-11-24-18-30(41(33(24)37-28)15-9-7-5-6-8-14-40(21)22(2)43)34-38-29-17-25(19-31(45-4)32(29)39(34)3)35(44)42-20-27(36)23-10-12-26(42)16-23/h11,13,17-19,21,23,26-27H,5-10,12,14-16,20,36H2,1-4H3/t21-,23-,26+,27+/m1/s1. The molecule has 2 amide bonds. The van der Waals surface area contributed by atoms with Gasteiger partial charge in [0, 0.05) is 56.6 Å². The van der Waals surface area contributed by atoms with Crippen molar-refractivity contribution < 1.29 is 14.3 Å². The van der Waals surface area contributed by atoms with Gasteiger partial charge in [-0.1, -0.05) is 19.3 Å². The summed E-state index contributed by atoms with van der Waals surface area (Å²) in [5, 5.41) is 1.04. The number of likely N-dealkylation sites (tertiary alicyclic amines) is 1. The maximum absolute atomic E-state index is 13.9. The largest absolute Gasteiger partial charge is 0.494 e. The molecule has 10 heteroatoms. The van der Waals surface area contributed by atoms with Crippen LogP contribution in [-0.2, 0) is 18.4 Å². The second-order valence-corrected chi connectivity index (χ2v) is 13.4. The van der Waals surface area contributed by atoms with Crippen LogP contribution < -0.4 is 10.5 Å². The normalized spacial score (nSPS) is 24.1. The summed E-state index contributed by atoms with van der Waals surface area (Å²) >= 11 is 0. The van der Waals surface area contributed by atoms with Gasteiger partial charge in [0.2, 0.25) is 5.91 Å². The molecule has 238 valence electrons. The summed E-state index contributed by atoms with van der Waals surface area (Å²) in [5.74, 6) is 2.03. The highest BCUT2D eigenvalue weighted by Gasteiger charge is 2.41. The van der Waals surface area contributed by atoms with E-state index in [0.717, 1.165) is 104 Å². The number of aryl methyl sites for hydroxylation is 2. The Bertz CT molecular complexity index is 1770. The molecule has 1 aliphatic carbocycles. The van der Waals surface area contributed by atoms with Gasteiger partial charge in [-0.2, -0.15) is 0 Å². The Morgan fingerprint density at radius 1 is 0.978 bits per heavy atom. The Balaban J connectivity index is 1.32. The molecule has 2 fully saturated rings. The minimum absolute atomic E-state index is 0.000120. The van der Waals surface area contributed by atoms with E-state index in [2.05, 4.69) is 28.2 Å². The average Bonchev–Trinajstić information content (AvgIpc) is 3.72. The van der Waals surface area contributed by atoms with Crippen LogP contribution in [0.25, 0.3) is 33.6 Å². The first-order valence-electron chi connectivity index (χ1n) is 16.6. The van der Waals surface area contributed by atoms with E-state index < -0.39 is 0 Å². The van der Waals surface area contributed by atoms with Gasteiger partial charge in [-0.05, 0) is 75.3 Å². The van der Waals surface area contributed by atoms with Crippen molar-refractivity contribution in [1.82, 2.24) is 28.9 Å². The molecule has 4 atom stereocenters. The lowest BCUT2D eigenvalue weighted by atomic mass is 9.94. The third-order valence-corrected chi connectivity index (χ3v) is 10.6. The maximum atomic E-state index is 13.9. The molecule has 3 aliphatic rings. The van der Waals surface area contributed by atoms with Crippen LogP contribution in [0, 0.1) is 5.92 Å². The van der Waals surface area contributed by atoms with Gasteiger partial charge in [0.15, 0.2) is 5.82 Å². The number of nitrogens with two attached hydrogens (primary N) is 1. The van der Waals surface area contributed by atoms with E-state index in [9.17, 15) is 9.59 Å². The first-order chi connectivity index (χ1) is 21.7. The van der Waals surface area contributed by atoms with Crippen molar-refractivity contribution in [3.63, 3.8) is 0 Å². The van der Waals surface area contributed by atoms with Crippen LogP contribution in [0.3, 0.4) is 0 Å². The van der Waals surface area contributed by atoms with Crippen LogP contribution >= 0.6 is 0 Å². The number of nitrogens with zero attached hydrogens (tertiary/aromatic N) is 6. The summed E-state index contributed by atoms with van der Waals surface area (Å²) in [4.78, 5) is 40.7. The first kappa shape index (κ1) is 29.8. The number of aromatic nitrogens is 4. The lowest BCUT2D eigenvalue weighted by Crippen LogP contribution is -2.51. The molecular weight excluding hydrogens is 566 g/mol. The van der Waals surface area contributed by atoms with Crippen molar-refractivity contribution in [3.8, 4) is 17.3 Å². The number of rotatable bonds is 3. The van der Waals surface area contributed by atoms with Gasteiger partial charge in [0.1, 0.15) is 16.9 Å². The molecule has 2 aliphatic heterocycles. The van der Waals surface area contributed by atoms with E-state index in [-0.39, 0.29) is 29.9 Å². The molecule has 4 bridgehead atoms. The van der Waals surface area contributed by atoms with Crippen LogP contribution in [-0.4, -0.2) is 73.0 Å². The summed E-state index contributed by atoms with van der Waals surface area (Å²) in [5.41, 5.74) is 11.4. The zero-order valence-corrected chi connectivity index (χ0v) is 27.0. The zero-order chi connectivity index (χ0) is 31.4. The average molecular weight is 612 g/mol. The number of imidazole rings is 1. The smallest absolute Gasteiger partial charge is 0.254 e. The molecule has 45 heavy (non-hydrogen) atoms. The number of carbonyl (C=O) groups excluding carboxylic acids is 2. The molecule has 0 unspecified atom stereocenters. The van der Waals surface area contributed by atoms with Crippen LogP contribution in [0.1, 0.15) is 87.3 Å². The topological polar surface area (TPSA) is 112 Å². The first-order valence-corrected chi connectivity index (χ1v) is 16.6. The lowest BCUT2D eigenvalue weighted by Gasteiger charge is -2.37. The maximum Gasteiger partial charge on any atom is 0.254 e. The van der Waals surface area contributed by atoms with Crippen molar-refractivity contribution in [2.45, 2.75) is 89.9 Å². The number of carbonyl (C=O) groups is 2. The molecule has 1 aromatic carbocycles. The molecule has 3 aromatic heterocycles. The highest BCUT2D eigenvalue weighted by molar-refractivity contribution is 6.00. The Kier molecular flexibility index (Phi) is 7.79. The van der Waals surface area contributed by atoms with Crippen molar-refractivity contribution in [2.75, 3.05) is 20.2 Å². The number of benzene rings is 1. The van der Waals surface area contributed by atoms with Crippen LogP contribution in [0.4, 0.5) is 0 Å². The lowest BCUT2D eigenvalue weighted by molar-refractivity contribution is -0.131. The summed E-state index contributed by atoms with van der Waals surface area (Å²) in [7, 11) is 3.65. The number of amides is 2. The number of pyridine rings is 1. The highest BCUT2D eigenvalue weighted by Crippen LogP contribution is 2.39. The van der Waals surface area contributed by atoms with E-state index in [0.29, 0.717) is 23.8 Å². The van der Waals surface area contributed by atoms with Crippen molar-refractivity contribution in [1.29, 1.82) is 0 Å². The van der Waals surface area contributed by atoms with Gasteiger partial charge in [-0.15, -0.1) is 0 Å². The molecule has 1 saturated heterocycles. The van der Waals surface area contributed by atoms with Gasteiger partial charge in [-0.3, -0.25) is 9.59 Å². The molecule has 1 saturated carbocycles. The minimum atomic E-state index is -0.111. The van der Waals surface area contributed by atoms with Crippen molar-refractivity contribution in [2.24, 2.45) is 18.7 Å². The third kappa shape index (κ3) is 5.16. The zero-order valence-electron chi connectivity index (χ0n) is 27.0. The van der Waals surface area contributed by atoms with Gasteiger partial charge < -0.3 is 29.4 Å². The summed E-state index contributed by atoms with van der Waals surface area (Å²) in [6.07, 6.45) is 8.48. The fraction of sp³-hybridized carbons (Fsp3) is 0.543. The number of hydrogen-bond donors (Lipinski definition) is 1. The number of piperidine rings is 1. The predicted octanol–water partition coefficient (Wildman–Crippen LogP) is 5.42. The Morgan fingerprint density at radius 3 is 2.53 bits per heavy atom. The van der Waals surface area contributed by atoms with E-state index in [1.165, 1.54) is 0 Å². The van der Waals surface area contributed by atoms with Crippen molar-refractivity contribution in [3.05, 3.63) is 41.6 Å². The molecule has 10 nitrogen and oxygen atoms in total. The molecule has 2 N–H and O–H groups in total. The van der Waals surface area contributed by atoms with E-state index in [4.69, 9.17) is 20.4 Å². The van der Waals surface area contributed by atoms with Gasteiger partial charge in [0.25, 0.3) is 5.91 Å². The third-order valence-electron chi connectivity index (χ3n) is 10.6. The van der Waals surface area contributed by atoms with E-state index >= 15 is 0 Å². The quantitative estimate of drug-likeness (QED) is 0.331. The SMILES string of the molecule is COc1cc(C(=O)N2C[C@H](N)[C@@H]3CC[C@H]2C3)cc2nc(-c3cc4ccc5nc4n3CCCCCCCN(C(C)=O)[C@@H]5C)n(C)c12. The number of methoxy groups -OCH3 is 1. The molecule has 0 spiro atoms. The Labute approximate surface area is 264 Å². The van der Waals surface area contributed by atoms with Gasteiger partial charge in [0.05, 0.1) is 30.1 Å². The van der Waals surface area contributed by atoms with Gasteiger partial charge in [-0.25, -0.2) is 9.97 Å². The minimum Gasteiger partial charge on any atom is -0.494 e. The van der Waals surface area contributed by atoms with Crippen molar-refractivity contribution >= 4 is 33.9 Å². The fourth-order valence-electron chi connectivity index (χ4n) is 8.07. The van der Waals surface area contributed by atoms with Crippen LogP contribution in [0.15, 0.2) is 30.3 Å². The predicted molar refractivity (Wildman–Crippen MR) is 175 cm³/mol. The Morgan fingerprint density at radius 2 is 1.76 bits per heavy atom. The molecule has 0 radical (unpaired) electrons. The van der Waals surface area contributed by atoms with E-state index in [1.807, 2.05) is 35.0 Å². The molecule has 5 heterocycles.